The number of carbonyl (C=O) groups is 1. The van der Waals surface area contributed by atoms with Crippen molar-refractivity contribution in [2.24, 2.45) is 5.92 Å². The highest BCUT2D eigenvalue weighted by molar-refractivity contribution is 5.94. The van der Waals surface area contributed by atoms with E-state index in [1.165, 1.54) is 0 Å². The molecule has 2 aromatic rings. The van der Waals surface area contributed by atoms with Gasteiger partial charge in [-0.15, -0.1) is 0 Å². The normalized spacial score (nSPS) is 17.1. The minimum absolute atomic E-state index is 0. The molecule has 1 N–H and O–H groups in total. The zero-order valence-electron chi connectivity index (χ0n) is 12.2. The van der Waals surface area contributed by atoms with Crippen molar-refractivity contribution in [3.05, 3.63) is 47.9 Å². The van der Waals surface area contributed by atoms with Gasteiger partial charge in [0.1, 0.15) is 6.26 Å². The first-order chi connectivity index (χ1) is 10.1. The number of aryl methyl sites for hydroxylation is 2. The molecular weight excluding hydrogens is 264 g/mol. The molecule has 0 radical (unpaired) electrons. The fourth-order valence-corrected chi connectivity index (χ4v) is 2.49. The van der Waals surface area contributed by atoms with E-state index in [1.807, 2.05) is 38.1 Å². The van der Waals surface area contributed by atoms with Crippen LogP contribution in [0.15, 0.2) is 41.0 Å². The van der Waals surface area contributed by atoms with Gasteiger partial charge in [-0.25, -0.2) is 4.98 Å². The molecule has 1 heterocycles. The van der Waals surface area contributed by atoms with Gasteiger partial charge in [-0.05, 0) is 44.4 Å². The van der Waals surface area contributed by atoms with Crippen LogP contribution in [0.4, 0.5) is 5.69 Å². The second-order valence-corrected chi connectivity index (χ2v) is 5.42. The van der Waals surface area contributed by atoms with Crippen LogP contribution in [0, 0.1) is 19.8 Å². The molecule has 0 saturated heterocycles. The maximum absolute atomic E-state index is 12.2. The van der Waals surface area contributed by atoms with Gasteiger partial charge in [-0.2, -0.15) is 0 Å². The number of hydrogen-bond acceptors (Lipinski definition) is 3. The first kappa shape index (κ1) is 13.6. The molecule has 0 bridgehead atoms. The molecule has 4 heteroatoms. The number of aromatic nitrogens is 1. The van der Waals surface area contributed by atoms with E-state index in [-0.39, 0.29) is 13.3 Å². The van der Waals surface area contributed by atoms with Gasteiger partial charge in [0.2, 0.25) is 11.8 Å². The Morgan fingerprint density at radius 2 is 2.29 bits per heavy atom. The van der Waals surface area contributed by atoms with Crippen molar-refractivity contribution in [2.75, 3.05) is 5.32 Å². The Balaban J connectivity index is 0.00000176. The number of benzene rings is 1. The summed E-state index contributed by atoms with van der Waals surface area (Å²) in [6, 6.07) is 5.79. The summed E-state index contributed by atoms with van der Waals surface area (Å²) in [5, 5.41) is 2.97. The lowest BCUT2D eigenvalue weighted by Crippen LogP contribution is -2.19. The highest BCUT2D eigenvalue weighted by Crippen LogP contribution is 2.27. The third-order valence-corrected chi connectivity index (χ3v) is 3.70. The van der Waals surface area contributed by atoms with E-state index in [4.69, 9.17) is 4.42 Å². The quantitative estimate of drug-likeness (QED) is 0.863. The molecule has 0 fully saturated rings. The first-order valence-electron chi connectivity index (χ1n) is 7.14. The SMILES string of the molecule is Cc1coc(-c2cc(NC(=O)C3C=CCC3)ccc2C)n1.[HH]. The van der Waals surface area contributed by atoms with Crippen molar-refractivity contribution in [1.29, 1.82) is 0 Å². The summed E-state index contributed by atoms with van der Waals surface area (Å²) in [4.78, 5) is 16.5. The molecule has 0 saturated carbocycles. The Kier molecular flexibility index (Phi) is 3.60. The van der Waals surface area contributed by atoms with E-state index in [2.05, 4.69) is 16.4 Å². The summed E-state index contributed by atoms with van der Waals surface area (Å²) < 4.78 is 5.46. The molecule has 1 atom stereocenters. The number of amides is 1. The predicted molar refractivity (Wildman–Crippen MR) is 84.0 cm³/mol. The lowest BCUT2D eigenvalue weighted by Gasteiger charge is -2.11. The summed E-state index contributed by atoms with van der Waals surface area (Å²) >= 11 is 0. The van der Waals surface area contributed by atoms with Gasteiger partial charge >= 0.3 is 0 Å². The summed E-state index contributed by atoms with van der Waals surface area (Å²) in [7, 11) is 0. The van der Waals surface area contributed by atoms with Gasteiger partial charge in [0.15, 0.2) is 0 Å². The third kappa shape index (κ3) is 2.89. The number of nitrogens with zero attached hydrogens (tertiary/aromatic N) is 1. The molecule has 110 valence electrons. The number of hydrogen-bond donors (Lipinski definition) is 1. The monoisotopic (exact) mass is 284 g/mol. The van der Waals surface area contributed by atoms with Crippen molar-refractivity contribution in [3.63, 3.8) is 0 Å². The van der Waals surface area contributed by atoms with Gasteiger partial charge < -0.3 is 9.73 Å². The Labute approximate surface area is 125 Å². The Bertz CT molecular complexity index is 706. The van der Waals surface area contributed by atoms with Crippen LogP contribution in [0.2, 0.25) is 0 Å². The van der Waals surface area contributed by atoms with Crippen LogP contribution in [0.5, 0.6) is 0 Å². The van der Waals surface area contributed by atoms with Crippen molar-refractivity contribution in [2.45, 2.75) is 26.7 Å². The molecule has 1 aromatic heterocycles. The number of nitrogens with one attached hydrogen (secondary N) is 1. The maximum atomic E-state index is 12.2. The molecule has 1 aliphatic carbocycles. The Morgan fingerprint density at radius 1 is 1.43 bits per heavy atom. The number of allylic oxidation sites excluding steroid dienone is 1. The smallest absolute Gasteiger partial charge is 0.231 e. The topological polar surface area (TPSA) is 55.1 Å². The van der Waals surface area contributed by atoms with E-state index >= 15 is 0 Å². The lowest BCUT2D eigenvalue weighted by molar-refractivity contribution is -0.118. The zero-order valence-corrected chi connectivity index (χ0v) is 12.2. The van der Waals surface area contributed by atoms with Crippen molar-refractivity contribution in [3.8, 4) is 11.5 Å². The highest BCUT2D eigenvalue weighted by Gasteiger charge is 2.18. The molecule has 1 amide bonds. The minimum atomic E-state index is -0.0151. The molecule has 1 aliphatic rings. The second kappa shape index (κ2) is 5.56. The Morgan fingerprint density at radius 3 is 2.95 bits per heavy atom. The Hall–Kier alpha value is -2.36. The largest absolute Gasteiger partial charge is 0.444 e. The molecule has 1 unspecified atom stereocenters. The number of carbonyl (C=O) groups excluding carboxylic acids is 1. The first-order valence-corrected chi connectivity index (χ1v) is 7.14. The van der Waals surface area contributed by atoms with E-state index < -0.39 is 0 Å². The van der Waals surface area contributed by atoms with E-state index in [9.17, 15) is 4.79 Å². The maximum Gasteiger partial charge on any atom is 0.231 e. The van der Waals surface area contributed by atoms with Crippen molar-refractivity contribution in [1.82, 2.24) is 4.98 Å². The average molecular weight is 284 g/mol. The summed E-state index contributed by atoms with van der Waals surface area (Å²) in [6.07, 6.45) is 7.53. The summed E-state index contributed by atoms with van der Waals surface area (Å²) in [5.74, 6) is 0.614. The van der Waals surface area contributed by atoms with Crippen LogP contribution in [0.25, 0.3) is 11.5 Å². The van der Waals surface area contributed by atoms with Crippen LogP contribution in [-0.4, -0.2) is 10.9 Å². The van der Waals surface area contributed by atoms with Crippen LogP contribution >= 0.6 is 0 Å². The lowest BCUT2D eigenvalue weighted by atomic mass is 10.1. The van der Waals surface area contributed by atoms with E-state index in [0.29, 0.717) is 5.89 Å². The highest BCUT2D eigenvalue weighted by atomic mass is 16.3. The fourth-order valence-electron chi connectivity index (χ4n) is 2.49. The van der Waals surface area contributed by atoms with Gasteiger partial charge in [-0.1, -0.05) is 18.2 Å². The van der Waals surface area contributed by atoms with Crippen LogP contribution in [-0.2, 0) is 4.79 Å². The summed E-state index contributed by atoms with van der Waals surface area (Å²) in [5.41, 5.74) is 3.59. The van der Waals surface area contributed by atoms with Gasteiger partial charge in [0.05, 0.1) is 11.6 Å². The van der Waals surface area contributed by atoms with Gasteiger partial charge in [-0.3, -0.25) is 4.79 Å². The molecule has 4 nitrogen and oxygen atoms in total. The minimum Gasteiger partial charge on any atom is -0.444 e. The molecule has 0 aliphatic heterocycles. The van der Waals surface area contributed by atoms with Crippen LogP contribution < -0.4 is 5.32 Å². The number of oxazole rings is 1. The van der Waals surface area contributed by atoms with Gasteiger partial charge in [0.25, 0.3) is 0 Å². The molecule has 1 aromatic carbocycles. The average Bonchev–Trinajstić information content (AvgIpc) is 3.12. The second-order valence-electron chi connectivity index (χ2n) is 5.42. The zero-order chi connectivity index (χ0) is 14.8. The molecule has 0 spiro atoms. The standard InChI is InChI=1S/C17H18N2O2.H2/c1-11-7-8-14(19-16(20)13-5-3-4-6-13)9-15(11)17-18-12(2)10-21-17;/h3,5,7-10,13H,4,6H2,1-2H3,(H,19,20);1H. The van der Waals surface area contributed by atoms with Gasteiger partial charge in [0, 0.05) is 12.7 Å². The third-order valence-electron chi connectivity index (χ3n) is 3.70. The van der Waals surface area contributed by atoms with Crippen molar-refractivity contribution < 1.29 is 10.6 Å². The number of anilines is 1. The van der Waals surface area contributed by atoms with Crippen LogP contribution in [0.1, 0.15) is 25.5 Å². The van der Waals surface area contributed by atoms with Crippen molar-refractivity contribution >= 4 is 11.6 Å². The molecular formula is C17H20N2O2. The van der Waals surface area contributed by atoms with E-state index in [1.54, 1.807) is 6.26 Å². The number of rotatable bonds is 3. The predicted octanol–water partition coefficient (Wildman–Crippen LogP) is 4.11. The summed E-state index contributed by atoms with van der Waals surface area (Å²) in [6.45, 7) is 3.89. The van der Waals surface area contributed by atoms with E-state index in [0.717, 1.165) is 35.3 Å². The molecule has 21 heavy (non-hydrogen) atoms. The fraction of sp³-hybridized carbons (Fsp3) is 0.294. The molecule has 3 rings (SSSR count). The van der Waals surface area contributed by atoms with Crippen LogP contribution in [0.3, 0.4) is 0 Å².